The first-order chi connectivity index (χ1) is 9.08. The predicted octanol–water partition coefficient (Wildman–Crippen LogP) is 2.94. The lowest BCUT2D eigenvalue weighted by Gasteiger charge is -2.19. The Morgan fingerprint density at radius 3 is 2.32 bits per heavy atom. The van der Waals surface area contributed by atoms with E-state index in [9.17, 15) is 10.2 Å². The van der Waals surface area contributed by atoms with E-state index < -0.39 is 12.2 Å². The maximum Gasteiger partial charge on any atom is 0.105 e. The summed E-state index contributed by atoms with van der Waals surface area (Å²) in [5, 5.41) is 20.4. The van der Waals surface area contributed by atoms with Crippen molar-refractivity contribution in [3.63, 3.8) is 0 Å². The molecule has 0 aliphatic carbocycles. The standard InChI is InChI=1S/C17H20O2/c1-12-8-9-13(2)15(10-12)11-16(18)17(19)14-6-4-3-5-7-14/h3-10,16-19H,11H2,1-2H3. The lowest BCUT2D eigenvalue weighted by atomic mass is 9.95. The van der Waals surface area contributed by atoms with E-state index in [4.69, 9.17) is 0 Å². The van der Waals surface area contributed by atoms with Crippen LogP contribution in [0.2, 0.25) is 0 Å². The minimum atomic E-state index is -0.846. The van der Waals surface area contributed by atoms with Gasteiger partial charge in [0.1, 0.15) is 6.10 Å². The number of aryl methyl sites for hydroxylation is 2. The summed E-state index contributed by atoms with van der Waals surface area (Å²) in [6, 6.07) is 15.5. The molecule has 2 aromatic carbocycles. The van der Waals surface area contributed by atoms with Crippen LogP contribution in [0.15, 0.2) is 48.5 Å². The third-order valence-electron chi connectivity index (χ3n) is 3.44. The van der Waals surface area contributed by atoms with Gasteiger partial charge in [-0.15, -0.1) is 0 Å². The highest BCUT2D eigenvalue weighted by Crippen LogP contribution is 2.21. The van der Waals surface area contributed by atoms with Gasteiger partial charge in [-0.05, 0) is 30.5 Å². The second-order valence-electron chi connectivity index (χ2n) is 5.06. The van der Waals surface area contributed by atoms with Crippen molar-refractivity contribution in [2.45, 2.75) is 32.5 Å². The molecule has 2 heteroatoms. The first kappa shape index (κ1) is 13.8. The van der Waals surface area contributed by atoms with Crippen molar-refractivity contribution in [2.24, 2.45) is 0 Å². The van der Waals surface area contributed by atoms with Crippen LogP contribution in [0.4, 0.5) is 0 Å². The van der Waals surface area contributed by atoms with Gasteiger partial charge < -0.3 is 10.2 Å². The minimum absolute atomic E-state index is 0.462. The highest BCUT2D eigenvalue weighted by Gasteiger charge is 2.19. The van der Waals surface area contributed by atoms with Gasteiger partial charge in [0.2, 0.25) is 0 Å². The lowest BCUT2D eigenvalue weighted by molar-refractivity contribution is 0.0189. The Morgan fingerprint density at radius 2 is 1.63 bits per heavy atom. The highest BCUT2D eigenvalue weighted by molar-refractivity contribution is 5.31. The van der Waals surface area contributed by atoms with Gasteiger partial charge in [0, 0.05) is 6.42 Å². The average Bonchev–Trinajstić information content (AvgIpc) is 2.43. The van der Waals surface area contributed by atoms with Gasteiger partial charge in [0.25, 0.3) is 0 Å². The summed E-state index contributed by atoms with van der Waals surface area (Å²) < 4.78 is 0. The van der Waals surface area contributed by atoms with Crippen LogP contribution in [0.25, 0.3) is 0 Å². The Bertz CT molecular complexity index is 534. The summed E-state index contributed by atoms with van der Waals surface area (Å²) in [5.41, 5.74) is 4.15. The first-order valence-electron chi connectivity index (χ1n) is 6.55. The third-order valence-corrected chi connectivity index (χ3v) is 3.44. The number of aliphatic hydroxyl groups is 2. The molecule has 0 aromatic heterocycles. The zero-order chi connectivity index (χ0) is 13.8. The zero-order valence-corrected chi connectivity index (χ0v) is 11.4. The molecule has 0 bridgehead atoms. The van der Waals surface area contributed by atoms with Crippen LogP contribution >= 0.6 is 0 Å². The monoisotopic (exact) mass is 256 g/mol. The summed E-state index contributed by atoms with van der Waals surface area (Å²) in [6.07, 6.45) is -1.17. The van der Waals surface area contributed by atoms with Gasteiger partial charge in [-0.1, -0.05) is 54.1 Å². The van der Waals surface area contributed by atoms with Crippen LogP contribution < -0.4 is 0 Å². The molecule has 0 heterocycles. The average molecular weight is 256 g/mol. The Labute approximate surface area is 114 Å². The van der Waals surface area contributed by atoms with Crippen molar-refractivity contribution < 1.29 is 10.2 Å². The SMILES string of the molecule is Cc1ccc(C)c(CC(O)C(O)c2ccccc2)c1. The Morgan fingerprint density at radius 1 is 0.947 bits per heavy atom. The summed E-state index contributed by atoms with van der Waals surface area (Å²) in [5.74, 6) is 0. The number of rotatable bonds is 4. The Balaban J connectivity index is 2.12. The molecule has 0 aliphatic rings. The van der Waals surface area contributed by atoms with Gasteiger partial charge in [0.15, 0.2) is 0 Å². The van der Waals surface area contributed by atoms with Gasteiger partial charge in [0.05, 0.1) is 6.10 Å². The van der Waals surface area contributed by atoms with Gasteiger partial charge in [-0.3, -0.25) is 0 Å². The summed E-state index contributed by atoms with van der Waals surface area (Å²) >= 11 is 0. The van der Waals surface area contributed by atoms with Crippen LogP contribution in [0.5, 0.6) is 0 Å². The van der Waals surface area contributed by atoms with Crippen LogP contribution in [-0.2, 0) is 6.42 Å². The van der Waals surface area contributed by atoms with Crippen molar-refractivity contribution in [1.82, 2.24) is 0 Å². The predicted molar refractivity (Wildman–Crippen MR) is 77.0 cm³/mol. The fourth-order valence-corrected chi connectivity index (χ4v) is 2.23. The third kappa shape index (κ3) is 3.43. The molecule has 0 aliphatic heterocycles. The molecule has 0 radical (unpaired) electrons. The second kappa shape index (κ2) is 6.00. The lowest BCUT2D eigenvalue weighted by Crippen LogP contribution is -2.21. The van der Waals surface area contributed by atoms with E-state index in [1.165, 1.54) is 5.56 Å². The fourth-order valence-electron chi connectivity index (χ4n) is 2.23. The summed E-state index contributed by atoms with van der Waals surface area (Å²) in [6.45, 7) is 4.05. The molecular weight excluding hydrogens is 236 g/mol. The molecule has 0 fully saturated rings. The molecule has 2 unspecified atom stereocenters. The van der Waals surface area contributed by atoms with Crippen molar-refractivity contribution in [3.8, 4) is 0 Å². The summed E-state index contributed by atoms with van der Waals surface area (Å²) in [7, 11) is 0. The number of aliphatic hydroxyl groups excluding tert-OH is 2. The molecule has 2 atom stereocenters. The molecule has 19 heavy (non-hydrogen) atoms. The minimum Gasteiger partial charge on any atom is -0.390 e. The highest BCUT2D eigenvalue weighted by atomic mass is 16.3. The van der Waals surface area contributed by atoms with Crippen LogP contribution in [0.1, 0.15) is 28.4 Å². The zero-order valence-electron chi connectivity index (χ0n) is 11.4. The van der Waals surface area contributed by atoms with Crippen molar-refractivity contribution in [3.05, 3.63) is 70.8 Å². The van der Waals surface area contributed by atoms with E-state index in [2.05, 4.69) is 12.1 Å². The maximum absolute atomic E-state index is 10.2. The Kier molecular flexibility index (Phi) is 4.35. The molecule has 0 amide bonds. The normalized spacial score (nSPS) is 14.1. The number of benzene rings is 2. The molecule has 0 saturated carbocycles. The summed E-state index contributed by atoms with van der Waals surface area (Å²) in [4.78, 5) is 0. The van der Waals surface area contributed by atoms with Gasteiger partial charge in [-0.2, -0.15) is 0 Å². The van der Waals surface area contributed by atoms with Crippen LogP contribution in [0, 0.1) is 13.8 Å². The Hall–Kier alpha value is -1.64. The number of hydrogen-bond acceptors (Lipinski definition) is 2. The van der Waals surface area contributed by atoms with E-state index in [1.54, 1.807) is 0 Å². The van der Waals surface area contributed by atoms with Crippen molar-refractivity contribution in [2.75, 3.05) is 0 Å². The largest absolute Gasteiger partial charge is 0.390 e. The van der Waals surface area contributed by atoms with Gasteiger partial charge >= 0.3 is 0 Å². The van der Waals surface area contributed by atoms with E-state index in [0.717, 1.165) is 16.7 Å². The number of hydrogen-bond donors (Lipinski definition) is 2. The van der Waals surface area contributed by atoms with Gasteiger partial charge in [-0.25, -0.2) is 0 Å². The molecule has 0 saturated heterocycles. The fraction of sp³-hybridized carbons (Fsp3) is 0.294. The van der Waals surface area contributed by atoms with Crippen LogP contribution in [0.3, 0.4) is 0 Å². The van der Waals surface area contributed by atoms with E-state index in [-0.39, 0.29) is 0 Å². The first-order valence-corrected chi connectivity index (χ1v) is 6.55. The topological polar surface area (TPSA) is 40.5 Å². The molecule has 2 aromatic rings. The van der Waals surface area contributed by atoms with E-state index >= 15 is 0 Å². The smallest absolute Gasteiger partial charge is 0.105 e. The van der Waals surface area contributed by atoms with E-state index in [0.29, 0.717) is 6.42 Å². The van der Waals surface area contributed by atoms with Crippen LogP contribution in [-0.4, -0.2) is 16.3 Å². The molecule has 2 rings (SSSR count). The maximum atomic E-state index is 10.2. The second-order valence-corrected chi connectivity index (χ2v) is 5.06. The molecule has 100 valence electrons. The molecule has 2 nitrogen and oxygen atoms in total. The van der Waals surface area contributed by atoms with Crippen molar-refractivity contribution in [1.29, 1.82) is 0 Å². The quantitative estimate of drug-likeness (QED) is 0.883. The molecule has 2 N–H and O–H groups in total. The van der Waals surface area contributed by atoms with Crippen molar-refractivity contribution >= 4 is 0 Å². The molecule has 0 spiro atoms. The van der Waals surface area contributed by atoms with E-state index in [1.807, 2.05) is 50.2 Å². The molecular formula is C17H20O2.